The second-order valence-electron chi connectivity index (χ2n) is 13.1. The lowest BCUT2D eigenvalue weighted by atomic mass is 9.75. The van der Waals surface area contributed by atoms with Gasteiger partial charge in [-0.15, -0.1) is 0 Å². The Morgan fingerprint density at radius 2 is 1.64 bits per heavy atom. The van der Waals surface area contributed by atoms with Gasteiger partial charge in [0.25, 0.3) is 14.2 Å². The van der Waals surface area contributed by atoms with Gasteiger partial charge in [-0.25, -0.2) is 8.78 Å². The lowest BCUT2D eigenvalue weighted by molar-refractivity contribution is -0.140. The Morgan fingerprint density at radius 1 is 1.05 bits per heavy atom. The van der Waals surface area contributed by atoms with E-state index in [-0.39, 0.29) is 30.1 Å². The number of carbonyl (C=O) groups excluding carboxylic acids is 1. The lowest BCUT2D eigenvalue weighted by Gasteiger charge is -2.48. The van der Waals surface area contributed by atoms with Crippen molar-refractivity contribution in [1.82, 2.24) is 0 Å². The molecule has 0 spiro atoms. The molecule has 2 aromatic carbocycles. The van der Waals surface area contributed by atoms with Gasteiger partial charge in [-0.1, -0.05) is 119 Å². The Hall–Kier alpha value is -2.61. The van der Waals surface area contributed by atoms with E-state index in [1.54, 1.807) is 6.08 Å². The third kappa shape index (κ3) is 8.55. The molecule has 1 unspecified atom stereocenters. The van der Waals surface area contributed by atoms with Crippen molar-refractivity contribution in [1.29, 1.82) is 0 Å². The Balaban J connectivity index is 2.02. The standard InChI is InChI=1S/C37H52F2O4Si/c1-6-7-17-25-37(38,39)26-24-31-28(2)32(27-34(31)40)33(22-15-10-16-23-35(41)43-5)36(3,4)44(42,29-18-11-8-12-19-29)30-20-13-9-14-21-30/h8-9,11-15,18-22,24,26,28,31-34,40,42H,6-7,10,16-17,23,25,27H2,1-5H3/b22-15-,26-24+/t28-,31-,32+,33?,34-/m1/s1. The van der Waals surface area contributed by atoms with Crippen LogP contribution < -0.4 is 10.4 Å². The monoisotopic (exact) mass is 626 g/mol. The quantitative estimate of drug-likeness (QED) is 0.0880. The van der Waals surface area contributed by atoms with E-state index in [2.05, 4.69) is 26.0 Å². The van der Waals surface area contributed by atoms with E-state index >= 15 is 0 Å². The van der Waals surface area contributed by atoms with Crippen LogP contribution in [0.1, 0.15) is 79.1 Å². The molecule has 0 saturated heterocycles. The maximum atomic E-state index is 14.7. The summed E-state index contributed by atoms with van der Waals surface area (Å²) < 4.78 is 34.2. The third-order valence-electron chi connectivity index (χ3n) is 9.85. The van der Waals surface area contributed by atoms with Crippen molar-refractivity contribution >= 4 is 24.7 Å². The van der Waals surface area contributed by atoms with E-state index in [0.717, 1.165) is 29.3 Å². The van der Waals surface area contributed by atoms with Crippen LogP contribution in [0.5, 0.6) is 0 Å². The zero-order chi connectivity index (χ0) is 32.4. The van der Waals surface area contributed by atoms with Crippen molar-refractivity contribution in [3.8, 4) is 0 Å². The highest BCUT2D eigenvalue weighted by atomic mass is 28.4. The van der Waals surface area contributed by atoms with Crippen molar-refractivity contribution in [3.63, 3.8) is 0 Å². The molecular weight excluding hydrogens is 574 g/mol. The molecule has 0 radical (unpaired) electrons. The van der Waals surface area contributed by atoms with Gasteiger partial charge in [-0.05, 0) is 64.9 Å². The molecule has 5 atom stereocenters. The van der Waals surface area contributed by atoms with Gasteiger partial charge in [0.2, 0.25) is 0 Å². The lowest BCUT2D eigenvalue weighted by Crippen LogP contribution is -2.67. The fourth-order valence-corrected chi connectivity index (χ4v) is 11.1. The molecule has 44 heavy (non-hydrogen) atoms. The number of aliphatic hydroxyl groups excluding tert-OH is 1. The van der Waals surface area contributed by atoms with E-state index in [0.29, 0.717) is 32.1 Å². The van der Waals surface area contributed by atoms with Crippen LogP contribution in [0.15, 0.2) is 85.0 Å². The highest BCUT2D eigenvalue weighted by molar-refractivity contribution is 6.98. The predicted octanol–water partition coefficient (Wildman–Crippen LogP) is 7.44. The first kappa shape index (κ1) is 35.9. The number of allylic oxidation sites excluding steroid dienone is 3. The number of hydrogen-bond donors (Lipinski definition) is 2. The molecule has 1 aliphatic rings. The zero-order valence-electron chi connectivity index (χ0n) is 27.1. The third-order valence-corrected chi connectivity index (χ3v) is 14.4. The molecule has 7 heteroatoms. The molecule has 0 aliphatic heterocycles. The molecule has 3 rings (SSSR count). The van der Waals surface area contributed by atoms with Crippen LogP contribution in [0.25, 0.3) is 0 Å². The molecule has 1 aliphatic carbocycles. The van der Waals surface area contributed by atoms with Crippen LogP contribution in [0, 0.1) is 23.7 Å². The van der Waals surface area contributed by atoms with Crippen molar-refractivity contribution in [2.75, 3.05) is 7.11 Å². The first-order valence-corrected chi connectivity index (χ1v) is 18.2. The first-order chi connectivity index (χ1) is 20.9. The summed E-state index contributed by atoms with van der Waals surface area (Å²) in [6, 6.07) is 19.7. The number of unbranched alkanes of at least 4 members (excludes halogenated alkanes) is 3. The maximum Gasteiger partial charge on any atom is 0.305 e. The number of aliphatic hydroxyl groups is 1. The minimum atomic E-state index is -3.44. The Kier molecular flexibility index (Phi) is 13.1. The summed E-state index contributed by atoms with van der Waals surface area (Å²) in [6.45, 7) is 8.28. The molecule has 0 amide bonds. The molecule has 0 bridgehead atoms. The molecular formula is C37H52F2O4Si. The minimum absolute atomic E-state index is 0.0633. The Bertz CT molecular complexity index is 1180. The summed E-state index contributed by atoms with van der Waals surface area (Å²) in [5.74, 6) is -3.90. The van der Waals surface area contributed by atoms with Crippen molar-refractivity contribution in [3.05, 3.63) is 85.0 Å². The summed E-state index contributed by atoms with van der Waals surface area (Å²) in [7, 11) is -2.05. The van der Waals surface area contributed by atoms with Crippen molar-refractivity contribution in [2.45, 2.75) is 96.1 Å². The average Bonchev–Trinajstić information content (AvgIpc) is 3.29. The van der Waals surface area contributed by atoms with Gasteiger partial charge < -0.3 is 14.6 Å². The molecule has 4 nitrogen and oxygen atoms in total. The van der Waals surface area contributed by atoms with E-state index in [4.69, 9.17) is 4.74 Å². The number of hydrogen-bond acceptors (Lipinski definition) is 4. The SMILES string of the molecule is CCCCCC(F)(F)/C=C/[C@@H]1[C@@H](C)[C@@H](C(/C=C\CCCC(=O)OC)C(C)(C)[Si](O)(c2ccccc2)c2ccccc2)C[C@H]1O. The van der Waals surface area contributed by atoms with E-state index in [9.17, 15) is 23.5 Å². The largest absolute Gasteiger partial charge is 0.469 e. The number of benzene rings is 2. The van der Waals surface area contributed by atoms with E-state index < -0.39 is 31.3 Å². The van der Waals surface area contributed by atoms with Crippen LogP contribution in [0.3, 0.4) is 0 Å². The number of esters is 1. The fraction of sp³-hybridized carbons (Fsp3) is 0.541. The Labute approximate surface area is 264 Å². The van der Waals surface area contributed by atoms with Crippen LogP contribution in [0.4, 0.5) is 8.78 Å². The molecule has 2 N–H and O–H groups in total. The van der Waals surface area contributed by atoms with Crippen LogP contribution in [-0.2, 0) is 9.53 Å². The maximum absolute atomic E-state index is 14.7. The van der Waals surface area contributed by atoms with Gasteiger partial charge in [-0.3, -0.25) is 4.79 Å². The number of methoxy groups -OCH3 is 1. The molecule has 2 aromatic rings. The summed E-state index contributed by atoms with van der Waals surface area (Å²) in [6.07, 6.45) is 10.0. The topological polar surface area (TPSA) is 66.8 Å². The van der Waals surface area contributed by atoms with Crippen molar-refractivity contribution in [2.24, 2.45) is 23.7 Å². The highest BCUT2D eigenvalue weighted by Gasteiger charge is 2.57. The molecule has 1 saturated carbocycles. The molecule has 0 aromatic heterocycles. The van der Waals surface area contributed by atoms with Gasteiger partial charge in [0.1, 0.15) is 0 Å². The smallest absolute Gasteiger partial charge is 0.305 e. The number of halogens is 2. The predicted molar refractivity (Wildman–Crippen MR) is 178 cm³/mol. The summed E-state index contributed by atoms with van der Waals surface area (Å²) in [5, 5.41) is 12.4. The Morgan fingerprint density at radius 3 is 2.18 bits per heavy atom. The van der Waals surface area contributed by atoms with Gasteiger partial charge in [0, 0.05) is 18.8 Å². The van der Waals surface area contributed by atoms with Gasteiger partial charge in [-0.2, -0.15) is 0 Å². The number of rotatable bonds is 16. The van der Waals surface area contributed by atoms with Crippen molar-refractivity contribution < 1.29 is 28.2 Å². The number of carbonyl (C=O) groups is 1. The van der Waals surface area contributed by atoms with Gasteiger partial charge >= 0.3 is 5.97 Å². The second-order valence-corrected chi connectivity index (χ2v) is 16.9. The molecule has 242 valence electrons. The van der Waals surface area contributed by atoms with Gasteiger partial charge in [0.15, 0.2) is 0 Å². The summed E-state index contributed by atoms with van der Waals surface area (Å²) in [4.78, 5) is 24.7. The molecule has 0 heterocycles. The van der Waals surface area contributed by atoms with E-state index in [1.807, 2.05) is 74.5 Å². The summed E-state index contributed by atoms with van der Waals surface area (Å²) in [5.41, 5.74) is 0. The van der Waals surface area contributed by atoms with Crippen LogP contribution in [-0.4, -0.2) is 43.3 Å². The average molecular weight is 627 g/mol. The molecule has 1 fully saturated rings. The summed E-state index contributed by atoms with van der Waals surface area (Å²) >= 11 is 0. The van der Waals surface area contributed by atoms with Crippen LogP contribution in [0.2, 0.25) is 5.04 Å². The number of alkyl halides is 2. The fourth-order valence-electron chi connectivity index (χ4n) is 7.15. The minimum Gasteiger partial charge on any atom is -0.469 e. The van der Waals surface area contributed by atoms with E-state index in [1.165, 1.54) is 7.11 Å². The van der Waals surface area contributed by atoms with Crippen LogP contribution >= 0.6 is 0 Å². The zero-order valence-corrected chi connectivity index (χ0v) is 28.1. The first-order valence-electron chi connectivity index (χ1n) is 16.2. The highest BCUT2D eigenvalue weighted by Crippen LogP contribution is 2.54. The number of ether oxygens (including phenoxy) is 1. The normalized spacial score (nSPS) is 22.1. The van der Waals surface area contributed by atoms with Gasteiger partial charge in [0.05, 0.1) is 13.2 Å². The second kappa shape index (κ2) is 16.1.